The van der Waals surface area contributed by atoms with E-state index in [0.717, 1.165) is 22.2 Å². The van der Waals surface area contributed by atoms with E-state index in [2.05, 4.69) is 155 Å². The topological polar surface area (TPSA) is 31.0 Å². The molecule has 0 saturated heterocycles. The summed E-state index contributed by atoms with van der Waals surface area (Å²) in [4.78, 5) is 4.62. The molecule has 2 aromatic heterocycles. The largest absolute Gasteiger partial charge is 0.436 e. The summed E-state index contributed by atoms with van der Waals surface area (Å²) in [5.74, 6) is 0.644. The Morgan fingerprint density at radius 2 is 0.761 bits per heavy atom. The van der Waals surface area contributed by atoms with Crippen LogP contribution in [0, 0.1) is 0 Å². The van der Waals surface area contributed by atoms with E-state index in [0.29, 0.717) is 5.89 Å². The number of hydrogen-bond acceptors (Lipinski definition) is 2. The standard InChI is InChI=1S/C43H28N2O/c1-4-10-40-37(7-1)38-8-2-5-11-41(38)45(40)36-27-25-34(26-28-36)32-19-17-30(18-20-32)29-13-15-31(16-14-29)33-21-23-35(24-22-33)43-44-39-9-3-6-12-42(39)46-43/h1-28H. The summed E-state index contributed by atoms with van der Waals surface area (Å²) in [6.07, 6.45) is 0. The van der Waals surface area contributed by atoms with Crippen molar-refractivity contribution in [1.82, 2.24) is 9.55 Å². The maximum absolute atomic E-state index is 5.94. The molecule has 0 N–H and O–H groups in total. The maximum Gasteiger partial charge on any atom is 0.227 e. The molecule has 216 valence electrons. The molecule has 46 heavy (non-hydrogen) atoms. The van der Waals surface area contributed by atoms with Crippen LogP contribution >= 0.6 is 0 Å². The summed E-state index contributed by atoms with van der Waals surface area (Å²) in [5.41, 5.74) is 13.4. The fourth-order valence-electron chi connectivity index (χ4n) is 6.51. The zero-order valence-electron chi connectivity index (χ0n) is 25.0. The van der Waals surface area contributed by atoms with Crippen LogP contribution in [0.1, 0.15) is 0 Å². The molecular weight excluding hydrogens is 560 g/mol. The van der Waals surface area contributed by atoms with E-state index in [1.807, 2.05) is 24.3 Å². The number of aromatic nitrogens is 2. The number of oxazole rings is 1. The van der Waals surface area contributed by atoms with Crippen LogP contribution < -0.4 is 0 Å². The first-order chi connectivity index (χ1) is 22.8. The van der Waals surface area contributed by atoms with E-state index >= 15 is 0 Å². The highest BCUT2D eigenvalue weighted by molar-refractivity contribution is 6.09. The van der Waals surface area contributed by atoms with Gasteiger partial charge in [0.1, 0.15) is 5.52 Å². The minimum absolute atomic E-state index is 0.644. The highest BCUT2D eigenvalue weighted by atomic mass is 16.3. The molecular formula is C43H28N2O. The molecule has 0 unspecified atom stereocenters. The van der Waals surface area contributed by atoms with Gasteiger partial charge in [0, 0.05) is 22.0 Å². The van der Waals surface area contributed by atoms with Gasteiger partial charge in [0.25, 0.3) is 0 Å². The number of hydrogen-bond donors (Lipinski definition) is 0. The summed E-state index contributed by atoms with van der Waals surface area (Å²) in [7, 11) is 0. The zero-order valence-corrected chi connectivity index (χ0v) is 25.0. The summed E-state index contributed by atoms with van der Waals surface area (Å²) in [6, 6.07) is 60.0. The van der Waals surface area contributed by atoms with Crippen molar-refractivity contribution in [3.8, 4) is 50.5 Å². The number of rotatable bonds is 5. The Labute approximate surface area is 266 Å². The molecule has 0 bridgehead atoms. The average molecular weight is 589 g/mol. The summed E-state index contributed by atoms with van der Waals surface area (Å²) in [6.45, 7) is 0. The lowest BCUT2D eigenvalue weighted by molar-refractivity contribution is 0.620. The van der Waals surface area contributed by atoms with Crippen LogP contribution in [0.25, 0.3) is 83.4 Å². The van der Waals surface area contributed by atoms with Crippen LogP contribution in [0.2, 0.25) is 0 Å². The summed E-state index contributed by atoms with van der Waals surface area (Å²) in [5, 5.41) is 2.56. The average Bonchev–Trinajstić information content (AvgIpc) is 3.72. The quantitative estimate of drug-likeness (QED) is 0.200. The smallest absolute Gasteiger partial charge is 0.227 e. The van der Waals surface area contributed by atoms with Gasteiger partial charge in [-0.05, 0) is 81.9 Å². The molecule has 3 nitrogen and oxygen atoms in total. The van der Waals surface area contributed by atoms with Crippen LogP contribution in [0.3, 0.4) is 0 Å². The predicted octanol–water partition coefficient (Wildman–Crippen LogP) is 11.6. The van der Waals surface area contributed by atoms with Crippen molar-refractivity contribution in [2.24, 2.45) is 0 Å². The van der Waals surface area contributed by atoms with Crippen molar-refractivity contribution in [3.63, 3.8) is 0 Å². The van der Waals surface area contributed by atoms with Gasteiger partial charge in [-0.2, -0.15) is 0 Å². The molecule has 3 heteroatoms. The van der Waals surface area contributed by atoms with E-state index in [4.69, 9.17) is 4.42 Å². The monoisotopic (exact) mass is 588 g/mol. The number of para-hydroxylation sites is 4. The second kappa shape index (κ2) is 10.8. The molecule has 9 rings (SSSR count). The first-order valence-electron chi connectivity index (χ1n) is 15.5. The normalized spacial score (nSPS) is 11.5. The van der Waals surface area contributed by atoms with E-state index in [9.17, 15) is 0 Å². The van der Waals surface area contributed by atoms with Crippen molar-refractivity contribution in [3.05, 3.63) is 170 Å². The second-order valence-corrected chi connectivity index (χ2v) is 11.6. The Balaban J connectivity index is 0.936. The fourth-order valence-corrected chi connectivity index (χ4v) is 6.51. The van der Waals surface area contributed by atoms with Gasteiger partial charge in [-0.1, -0.05) is 121 Å². The van der Waals surface area contributed by atoms with Gasteiger partial charge in [0.05, 0.1) is 11.0 Å². The Morgan fingerprint density at radius 3 is 1.24 bits per heavy atom. The van der Waals surface area contributed by atoms with Crippen LogP contribution in [0.15, 0.2) is 174 Å². The second-order valence-electron chi connectivity index (χ2n) is 11.6. The van der Waals surface area contributed by atoms with Gasteiger partial charge in [-0.15, -0.1) is 0 Å². The molecule has 0 atom stereocenters. The summed E-state index contributed by atoms with van der Waals surface area (Å²) < 4.78 is 8.29. The first kappa shape index (κ1) is 26.2. The van der Waals surface area contributed by atoms with Crippen LogP contribution in [-0.4, -0.2) is 9.55 Å². The lowest BCUT2D eigenvalue weighted by atomic mass is 9.97. The third-order valence-corrected chi connectivity index (χ3v) is 8.90. The number of fused-ring (bicyclic) bond motifs is 4. The van der Waals surface area contributed by atoms with E-state index in [1.165, 1.54) is 55.3 Å². The van der Waals surface area contributed by atoms with Gasteiger partial charge in [0.2, 0.25) is 5.89 Å². The Bertz CT molecular complexity index is 2400. The SMILES string of the molecule is c1ccc2oc(-c3ccc(-c4ccc(-c5ccc(-c6ccc(-n7c8ccccc8c8ccccc87)cc6)cc5)cc4)cc3)nc2c1. The molecule has 0 amide bonds. The van der Waals surface area contributed by atoms with E-state index in [-0.39, 0.29) is 0 Å². The molecule has 0 spiro atoms. The van der Waals surface area contributed by atoms with E-state index in [1.54, 1.807) is 0 Å². The Hall–Kier alpha value is -6.19. The molecule has 2 heterocycles. The third-order valence-electron chi connectivity index (χ3n) is 8.90. The molecule has 0 saturated carbocycles. The van der Waals surface area contributed by atoms with Gasteiger partial charge >= 0.3 is 0 Å². The van der Waals surface area contributed by atoms with Crippen LogP contribution in [0.4, 0.5) is 0 Å². The lowest BCUT2D eigenvalue weighted by Crippen LogP contribution is -1.93. The minimum atomic E-state index is 0.644. The Kier molecular flexibility index (Phi) is 6.14. The minimum Gasteiger partial charge on any atom is -0.436 e. The molecule has 9 aromatic rings. The van der Waals surface area contributed by atoms with Crippen molar-refractivity contribution < 1.29 is 4.42 Å². The Morgan fingerprint density at radius 1 is 0.370 bits per heavy atom. The summed E-state index contributed by atoms with van der Waals surface area (Å²) >= 11 is 0. The highest BCUT2D eigenvalue weighted by Crippen LogP contribution is 2.34. The van der Waals surface area contributed by atoms with Crippen molar-refractivity contribution >= 4 is 32.9 Å². The molecule has 0 aliphatic heterocycles. The van der Waals surface area contributed by atoms with Crippen molar-refractivity contribution in [1.29, 1.82) is 0 Å². The number of nitrogens with zero attached hydrogens (tertiary/aromatic N) is 2. The van der Waals surface area contributed by atoms with Gasteiger partial charge < -0.3 is 8.98 Å². The van der Waals surface area contributed by atoms with Gasteiger partial charge in [0.15, 0.2) is 5.58 Å². The van der Waals surface area contributed by atoms with Crippen LogP contribution in [0.5, 0.6) is 0 Å². The molecule has 0 aliphatic rings. The first-order valence-corrected chi connectivity index (χ1v) is 15.5. The highest BCUT2D eigenvalue weighted by Gasteiger charge is 2.12. The molecule has 0 fully saturated rings. The van der Waals surface area contributed by atoms with Crippen molar-refractivity contribution in [2.75, 3.05) is 0 Å². The fraction of sp³-hybridized carbons (Fsp3) is 0. The molecule has 0 aliphatic carbocycles. The zero-order chi connectivity index (χ0) is 30.5. The molecule has 7 aromatic carbocycles. The van der Waals surface area contributed by atoms with Crippen molar-refractivity contribution in [2.45, 2.75) is 0 Å². The van der Waals surface area contributed by atoms with Gasteiger partial charge in [-0.3, -0.25) is 0 Å². The third kappa shape index (κ3) is 4.49. The number of benzene rings is 7. The lowest BCUT2D eigenvalue weighted by Gasteiger charge is -2.10. The predicted molar refractivity (Wildman–Crippen MR) is 190 cm³/mol. The maximum atomic E-state index is 5.94. The van der Waals surface area contributed by atoms with E-state index < -0.39 is 0 Å². The van der Waals surface area contributed by atoms with Gasteiger partial charge in [-0.25, -0.2) is 4.98 Å². The molecule has 0 radical (unpaired) electrons. The van der Waals surface area contributed by atoms with Crippen LogP contribution in [-0.2, 0) is 0 Å².